The molecule has 0 saturated carbocycles. The number of benzene rings is 1. The van der Waals surface area contributed by atoms with Crippen molar-refractivity contribution in [1.82, 2.24) is 4.65 Å². The molecule has 0 bridgehead atoms. The molecule has 1 aliphatic heterocycles. The van der Waals surface area contributed by atoms with Crippen molar-refractivity contribution in [2.75, 3.05) is 13.2 Å². The van der Waals surface area contributed by atoms with Gasteiger partial charge in [0.15, 0.2) is 17.1 Å². The summed E-state index contributed by atoms with van der Waals surface area (Å²) in [6.07, 6.45) is 0.769. The quantitative estimate of drug-likeness (QED) is 0.372. The summed E-state index contributed by atoms with van der Waals surface area (Å²) in [7, 11) is 0. The lowest BCUT2D eigenvalue weighted by molar-refractivity contribution is -0.138. The molecule has 1 atom stereocenters. The fourth-order valence-electron chi connectivity index (χ4n) is 2.20. The maximum atomic E-state index is 13.9. The Labute approximate surface area is 119 Å². The molecule has 0 N–H and O–H groups in total. The second-order valence-electron chi connectivity index (χ2n) is 4.46. The third-order valence-electron chi connectivity index (χ3n) is 3.23. The fraction of sp³-hybridized carbons (Fsp3) is 0.286. The van der Waals surface area contributed by atoms with Crippen LogP contribution in [0.25, 0.3) is 0 Å². The average molecular weight is 297 g/mol. The molecule has 7 heteroatoms. The number of hydrogen-bond acceptors (Lipinski definition) is 4. The molecule has 0 spiro atoms. The van der Waals surface area contributed by atoms with E-state index in [9.17, 15) is 23.6 Å². The first-order valence-corrected chi connectivity index (χ1v) is 6.37. The highest BCUT2D eigenvalue weighted by Crippen LogP contribution is 2.38. The molecule has 0 aliphatic carbocycles. The normalized spacial score (nSPS) is 20.8. The van der Waals surface area contributed by atoms with Crippen molar-refractivity contribution in [3.63, 3.8) is 0 Å². The number of ketones is 1. The van der Waals surface area contributed by atoms with Gasteiger partial charge in [0.2, 0.25) is 5.78 Å². The zero-order chi connectivity index (χ0) is 15.8. The maximum absolute atomic E-state index is 13.9. The van der Waals surface area contributed by atoms with Gasteiger partial charge in [0.25, 0.3) is 0 Å². The lowest BCUT2D eigenvalue weighted by atomic mass is 9.96. The van der Waals surface area contributed by atoms with Crippen molar-refractivity contribution in [3.05, 3.63) is 46.3 Å². The number of halogens is 2. The molecular weight excluding hydrogens is 284 g/mol. The predicted octanol–water partition coefficient (Wildman–Crippen LogP) is 2.43. The second-order valence-corrected chi connectivity index (χ2v) is 4.46. The molecule has 1 unspecified atom stereocenters. The number of carbonyl (C=O) groups excluding carboxylic acids is 2. The summed E-state index contributed by atoms with van der Waals surface area (Å²) in [5.74, 6) is -4.10. The van der Waals surface area contributed by atoms with E-state index in [1.807, 2.05) is 0 Å². The number of hydrogen-bond donors (Lipinski definition) is 0. The average Bonchev–Trinajstić information content (AvgIpc) is 2.45. The summed E-state index contributed by atoms with van der Waals surface area (Å²) in [5, 5.41) is 12.6. The molecule has 21 heavy (non-hydrogen) atoms. The topological polar surface area (TPSA) is 66.4 Å². The minimum absolute atomic E-state index is 0.00702. The number of Topliss-reactive ketones (excluding diaryl/α,β-unsaturated/α-hetero) is 1. The highest BCUT2D eigenvalue weighted by Gasteiger charge is 2.41. The Kier molecular flexibility index (Phi) is 3.89. The van der Waals surface area contributed by atoms with Crippen LogP contribution in [0.15, 0.2) is 23.9 Å². The van der Waals surface area contributed by atoms with E-state index in [1.165, 1.54) is 13.8 Å². The van der Waals surface area contributed by atoms with Gasteiger partial charge in [-0.2, -0.15) is 0 Å². The molecule has 0 radical (unpaired) electrons. The first-order valence-electron chi connectivity index (χ1n) is 6.37. The van der Waals surface area contributed by atoms with E-state index in [2.05, 4.69) is 4.74 Å². The number of rotatable bonds is 3. The van der Waals surface area contributed by atoms with Crippen LogP contribution in [0.2, 0.25) is 0 Å². The molecule has 1 aromatic carbocycles. The van der Waals surface area contributed by atoms with Crippen LogP contribution in [0.1, 0.15) is 24.2 Å². The van der Waals surface area contributed by atoms with Gasteiger partial charge in [-0.1, -0.05) is 0 Å². The Morgan fingerprint density at radius 1 is 1.29 bits per heavy atom. The number of esters is 1. The van der Waals surface area contributed by atoms with E-state index < -0.39 is 44.9 Å². The van der Waals surface area contributed by atoms with Crippen molar-refractivity contribution in [1.29, 1.82) is 0 Å². The van der Waals surface area contributed by atoms with Crippen molar-refractivity contribution in [3.8, 4) is 0 Å². The molecule has 0 fully saturated rings. The molecule has 0 saturated heterocycles. The van der Waals surface area contributed by atoms with E-state index in [-0.39, 0.29) is 13.2 Å². The molecule has 1 heterocycles. The number of fused-ring (bicyclic) bond motifs is 1. The zero-order valence-corrected chi connectivity index (χ0v) is 11.5. The van der Waals surface area contributed by atoms with Gasteiger partial charge in [-0.05, 0) is 26.0 Å². The van der Waals surface area contributed by atoms with Gasteiger partial charge >= 0.3 is 5.97 Å². The molecule has 5 nitrogen and oxygen atoms in total. The summed E-state index contributed by atoms with van der Waals surface area (Å²) in [6.45, 7) is 2.76. The molecule has 1 aliphatic rings. The van der Waals surface area contributed by atoms with Gasteiger partial charge in [0.1, 0.15) is 17.6 Å². The Morgan fingerprint density at radius 3 is 2.48 bits per heavy atom. The number of quaternary nitrogens is 1. The summed E-state index contributed by atoms with van der Waals surface area (Å²) in [6, 6.07) is 1.53. The van der Waals surface area contributed by atoms with Crippen LogP contribution in [0.3, 0.4) is 0 Å². The summed E-state index contributed by atoms with van der Waals surface area (Å²) < 4.78 is 31.0. The third kappa shape index (κ3) is 2.34. The van der Waals surface area contributed by atoms with Crippen LogP contribution >= 0.6 is 0 Å². The van der Waals surface area contributed by atoms with Gasteiger partial charge in [-0.3, -0.25) is 9.44 Å². The maximum Gasteiger partial charge on any atom is 0.347 e. The first kappa shape index (κ1) is 15.3. The SMILES string of the molecule is CCOC(=O)C1=C[N+]([O-])(CC)c2c(F)ccc(F)c2C1=O. The lowest BCUT2D eigenvalue weighted by Crippen LogP contribution is -2.44. The van der Waals surface area contributed by atoms with Gasteiger partial charge in [-0.15, -0.1) is 0 Å². The highest BCUT2D eigenvalue weighted by molar-refractivity contribution is 6.27. The number of nitrogens with zero attached hydrogens (tertiary/aromatic N) is 1. The van der Waals surface area contributed by atoms with Crippen molar-refractivity contribution < 1.29 is 23.1 Å². The molecule has 0 aromatic heterocycles. The van der Waals surface area contributed by atoms with Gasteiger partial charge in [-0.25, -0.2) is 13.6 Å². The Bertz CT molecular complexity index is 657. The summed E-state index contributed by atoms with van der Waals surface area (Å²) in [5.41, 5.74) is -1.90. The van der Waals surface area contributed by atoms with Gasteiger partial charge in [0.05, 0.1) is 13.2 Å². The largest absolute Gasteiger partial charge is 0.622 e. The monoisotopic (exact) mass is 297 g/mol. The van der Waals surface area contributed by atoms with Crippen molar-refractivity contribution >= 4 is 17.4 Å². The van der Waals surface area contributed by atoms with Crippen molar-refractivity contribution in [2.24, 2.45) is 0 Å². The Morgan fingerprint density at radius 2 is 1.90 bits per heavy atom. The van der Waals surface area contributed by atoms with E-state index in [1.54, 1.807) is 0 Å². The van der Waals surface area contributed by atoms with Crippen LogP contribution in [0, 0.1) is 16.8 Å². The fourth-order valence-corrected chi connectivity index (χ4v) is 2.20. The summed E-state index contributed by atoms with van der Waals surface area (Å²) >= 11 is 0. The van der Waals surface area contributed by atoms with Crippen LogP contribution < -0.4 is 4.65 Å². The predicted molar refractivity (Wildman–Crippen MR) is 71.1 cm³/mol. The van der Waals surface area contributed by atoms with Gasteiger partial charge in [0, 0.05) is 0 Å². The van der Waals surface area contributed by atoms with Crippen LogP contribution in [0.4, 0.5) is 14.5 Å². The lowest BCUT2D eigenvalue weighted by Gasteiger charge is -2.40. The van der Waals surface area contributed by atoms with Crippen LogP contribution in [-0.4, -0.2) is 24.9 Å². The van der Waals surface area contributed by atoms with E-state index >= 15 is 0 Å². The Balaban J connectivity index is 2.71. The minimum Gasteiger partial charge on any atom is -0.622 e. The number of ether oxygens (including phenoxy) is 1. The molecule has 0 amide bonds. The summed E-state index contributed by atoms with van der Waals surface area (Å²) in [4.78, 5) is 23.9. The van der Waals surface area contributed by atoms with Crippen LogP contribution in [-0.2, 0) is 9.53 Å². The van der Waals surface area contributed by atoms with Gasteiger partial charge < -0.3 is 9.94 Å². The standard InChI is InChI=1S/C14H13F2NO4/c1-3-17(20)7-8(14(19)21-4-2)13(18)11-9(15)5-6-10(16)12(11)17/h5-7H,3-4H2,1-2H3. The smallest absolute Gasteiger partial charge is 0.347 e. The van der Waals surface area contributed by atoms with E-state index in [0.29, 0.717) is 0 Å². The van der Waals surface area contributed by atoms with E-state index in [0.717, 1.165) is 18.3 Å². The zero-order valence-electron chi connectivity index (χ0n) is 11.5. The highest BCUT2D eigenvalue weighted by atomic mass is 19.1. The molecular formula is C14H13F2NO4. The van der Waals surface area contributed by atoms with E-state index in [4.69, 9.17) is 0 Å². The first-order chi connectivity index (χ1) is 9.85. The molecule has 2 rings (SSSR count). The number of hydroxylamine groups is 2. The minimum atomic E-state index is -1.43. The molecule has 112 valence electrons. The second kappa shape index (κ2) is 5.34. The Hall–Kier alpha value is -2.12. The third-order valence-corrected chi connectivity index (χ3v) is 3.23. The number of carbonyl (C=O) groups is 2. The van der Waals surface area contributed by atoms with Crippen molar-refractivity contribution in [2.45, 2.75) is 13.8 Å². The van der Waals surface area contributed by atoms with Crippen LogP contribution in [0.5, 0.6) is 0 Å². The molecule has 1 aromatic rings.